The second-order valence-corrected chi connectivity index (χ2v) is 32.3. The Kier molecular flexibility index (Phi) is 8.52. The standard InChI is InChI=1S/C14H33N2Si.3CH3.Sn/c1-14(2,3)9-12-17(7,8)13-16(6)11-10-15(4)5;;;;/h12H,9-11,13H2,1-8H3;3*1H3;. The number of hydrogen-bond donors (Lipinski definition) is 0. The van der Waals surface area contributed by atoms with E-state index in [1.165, 1.54) is 25.7 Å². The van der Waals surface area contributed by atoms with Crippen LogP contribution < -0.4 is 0 Å². The van der Waals surface area contributed by atoms with Crippen LogP contribution in [0.5, 0.6) is 0 Å². The van der Waals surface area contributed by atoms with Crippen molar-refractivity contribution in [3.63, 3.8) is 0 Å². The second-order valence-electron chi connectivity index (χ2n) is 10.2. The zero-order valence-corrected chi connectivity index (χ0v) is 20.7. The number of hydrogen-bond acceptors (Lipinski definition) is 2. The van der Waals surface area contributed by atoms with Gasteiger partial charge in [0.1, 0.15) is 0 Å². The van der Waals surface area contributed by atoms with E-state index in [1.54, 1.807) is 0 Å². The summed E-state index contributed by atoms with van der Waals surface area (Å²) in [5.41, 5.74) is 0.474. The average Bonchev–Trinajstić information content (AvgIpc) is 2.19. The van der Waals surface area contributed by atoms with Gasteiger partial charge in [-0.1, -0.05) is 0 Å². The van der Waals surface area contributed by atoms with E-state index in [-0.39, 0.29) is 0 Å². The topological polar surface area (TPSA) is 6.48 Å². The molecule has 0 fully saturated rings. The van der Waals surface area contributed by atoms with Crippen molar-refractivity contribution in [3.05, 3.63) is 0 Å². The molecule has 0 aliphatic heterocycles. The van der Waals surface area contributed by atoms with E-state index < -0.39 is 26.5 Å². The summed E-state index contributed by atoms with van der Waals surface area (Å²) >= 11 is -1.90. The third-order valence-electron chi connectivity index (χ3n) is 4.41. The van der Waals surface area contributed by atoms with Crippen LogP contribution in [0.1, 0.15) is 27.2 Å². The Morgan fingerprint density at radius 3 is 1.76 bits per heavy atom. The molecule has 0 aliphatic carbocycles. The van der Waals surface area contributed by atoms with Crippen LogP contribution in [0.2, 0.25) is 31.5 Å². The average molecular weight is 421 g/mol. The van der Waals surface area contributed by atoms with Crippen LogP contribution in [-0.2, 0) is 0 Å². The van der Waals surface area contributed by atoms with Gasteiger partial charge in [-0.05, 0) is 0 Å². The summed E-state index contributed by atoms with van der Waals surface area (Å²) in [6.45, 7) is 15.0. The van der Waals surface area contributed by atoms with Crippen molar-refractivity contribution < 1.29 is 0 Å². The van der Waals surface area contributed by atoms with E-state index in [0.717, 1.165) is 3.56 Å². The van der Waals surface area contributed by atoms with E-state index in [1.807, 2.05) is 0 Å². The summed E-state index contributed by atoms with van der Waals surface area (Å²) in [6.07, 6.45) is 2.79. The van der Waals surface area contributed by atoms with Crippen LogP contribution in [0.3, 0.4) is 0 Å². The fourth-order valence-corrected chi connectivity index (χ4v) is 33.3. The van der Waals surface area contributed by atoms with Gasteiger partial charge in [0.05, 0.1) is 0 Å². The molecule has 0 saturated carbocycles. The van der Waals surface area contributed by atoms with Gasteiger partial charge in [-0.3, -0.25) is 0 Å². The Morgan fingerprint density at radius 1 is 0.952 bits per heavy atom. The molecule has 128 valence electrons. The third kappa shape index (κ3) is 9.62. The second kappa shape index (κ2) is 8.16. The molecule has 0 saturated heterocycles. The quantitative estimate of drug-likeness (QED) is 0.536. The first-order chi connectivity index (χ1) is 9.15. The molecule has 0 N–H and O–H groups in total. The Labute approximate surface area is 140 Å². The SMILES string of the molecule is CN(C)CCN(C)C[Si](C)(C)[CH](CC(C)(C)C)[Sn]([CH3])([CH3])[CH3]. The molecule has 0 aliphatic rings. The van der Waals surface area contributed by atoms with Crippen molar-refractivity contribution in [1.29, 1.82) is 0 Å². The Morgan fingerprint density at radius 2 is 1.43 bits per heavy atom. The molecule has 1 unspecified atom stereocenters. The van der Waals surface area contributed by atoms with Gasteiger partial charge >= 0.3 is 141 Å². The van der Waals surface area contributed by atoms with Crippen molar-refractivity contribution >= 4 is 26.5 Å². The van der Waals surface area contributed by atoms with E-state index in [9.17, 15) is 0 Å². The van der Waals surface area contributed by atoms with Crippen molar-refractivity contribution in [3.8, 4) is 0 Å². The molecule has 0 heterocycles. The predicted octanol–water partition coefficient (Wildman–Crippen LogP) is 4.41. The first-order valence-corrected chi connectivity index (χ1v) is 22.0. The van der Waals surface area contributed by atoms with Crippen LogP contribution in [-0.4, -0.2) is 76.7 Å². The molecule has 21 heavy (non-hydrogen) atoms. The van der Waals surface area contributed by atoms with Crippen LogP contribution in [0.15, 0.2) is 0 Å². The van der Waals surface area contributed by atoms with Crippen molar-refractivity contribution in [1.82, 2.24) is 9.80 Å². The molecule has 4 heteroatoms. The molecule has 0 rings (SSSR count). The van der Waals surface area contributed by atoms with Gasteiger partial charge in [0, 0.05) is 0 Å². The fraction of sp³-hybridized carbons (Fsp3) is 1.00. The molecule has 0 aromatic heterocycles. The van der Waals surface area contributed by atoms with Crippen LogP contribution in [0, 0.1) is 5.41 Å². The molecule has 0 aromatic carbocycles. The Balaban J connectivity index is 4.93. The predicted molar refractivity (Wildman–Crippen MR) is 105 cm³/mol. The molecule has 0 radical (unpaired) electrons. The summed E-state index contributed by atoms with van der Waals surface area (Å²) < 4.78 is 1.06. The van der Waals surface area contributed by atoms with E-state index >= 15 is 0 Å². The molecule has 0 amide bonds. The molecular formula is C17H42N2SiSn. The van der Waals surface area contributed by atoms with Crippen LogP contribution >= 0.6 is 0 Å². The number of nitrogens with zero attached hydrogens (tertiary/aromatic N) is 2. The molecule has 1 atom stereocenters. The van der Waals surface area contributed by atoms with Crippen molar-refractivity contribution in [2.24, 2.45) is 5.41 Å². The first kappa shape index (κ1) is 21.9. The summed E-state index contributed by atoms with van der Waals surface area (Å²) in [5.74, 6) is 0. The van der Waals surface area contributed by atoms with Gasteiger partial charge in [0.2, 0.25) is 0 Å². The number of rotatable bonds is 8. The van der Waals surface area contributed by atoms with Gasteiger partial charge in [0.25, 0.3) is 0 Å². The number of likely N-dealkylation sites (N-methyl/N-ethyl adjacent to an activating group) is 2. The van der Waals surface area contributed by atoms with Crippen LogP contribution in [0.4, 0.5) is 0 Å². The first-order valence-electron chi connectivity index (χ1n) is 8.48. The van der Waals surface area contributed by atoms with E-state index in [4.69, 9.17) is 0 Å². The van der Waals surface area contributed by atoms with E-state index in [0.29, 0.717) is 5.41 Å². The van der Waals surface area contributed by atoms with Gasteiger partial charge in [-0.25, -0.2) is 0 Å². The molecule has 0 bridgehead atoms. The van der Waals surface area contributed by atoms with E-state index in [2.05, 4.69) is 79.6 Å². The third-order valence-corrected chi connectivity index (χ3v) is 26.9. The van der Waals surface area contributed by atoms with Gasteiger partial charge in [0.15, 0.2) is 0 Å². The summed E-state index contributed by atoms with van der Waals surface area (Å²) in [7, 11) is 5.45. The fourth-order valence-electron chi connectivity index (χ4n) is 3.62. The molecule has 0 aromatic rings. The molecule has 2 nitrogen and oxygen atoms in total. The maximum absolute atomic E-state index is 2.65. The normalized spacial score (nSPS) is 15.9. The minimum atomic E-state index is -1.90. The zero-order chi connectivity index (χ0) is 17.1. The Bertz CT molecular complexity index is 303. The van der Waals surface area contributed by atoms with Crippen LogP contribution in [0.25, 0.3) is 0 Å². The monoisotopic (exact) mass is 422 g/mol. The van der Waals surface area contributed by atoms with Crippen molar-refractivity contribution in [2.75, 3.05) is 40.4 Å². The molecular weight excluding hydrogens is 379 g/mol. The van der Waals surface area contributed by atoms with Gasteiger partial charge in [-0.15, -0.1) is 0 Å². The maximum atomic E-state index is 2.65. The minimum absolute atomic E-state index is 0.474. The zero-order valence-electron chi connectivity index (χ0n) is 16.8. The van der Waals surface area contributed by atoms with Gasteiger partial charge in [-0.2, -0.15) is 0 Å². The Hall–Kier alpha value is 0.936. The summed E-state index contributed by atoms with van der Waals surface area (Å²) in [5, 5.41) is 0. The summed E-state index contributed by atoms with van der Waals surface area (Å²) in [6, 6.07) is 0. The summed E-state index contributed by atoms with van der Waals surface area (Å²) in [4.78, 5) is 12.8. The van der Waals surface area contributed by atoms with Gasteiger partial charge < -0.3 is 0 Å². The van der Waals surface area contributed by atoms with Crippen molar-refractivity contribution in [2.45, 2.75) is 58.7 Å². The molecule has 0 spiro atoms.